The maximum atomic E-state index is 12.0. The second-order valence-electron chi connectivity index (χ2n) is 5.30. The van der Waals surface area contributed by atoms with E-state index < -0.39 is 5.97 Å². The minimum absolute atomic E-state index is 0.00777. The average Bonchev–Trinajstić information content (AvgIpc) is 2.85. The van der Waals surface area contributed by atoms with E-state index in [4.69, 9.17) is 4.42 Å². The lowest BCUT2D eigenvalue weighted by molar-refractivity contribution is -0.116. The SMILES string of the molecule is CCCCN(C)CCC(=O)Nc1oc(C)c(C(=O)OC)c1C#N. The maximum Gasteiger partial charge on any atom is 0.342 e. The Kier molecular flexibility index (Phi) is 7.29. The van der Waals surface area contributed by atoms with Crippen LogP contribution in [0.3, 0.4) is 0 Å². The van der Waals surface area contributed by atoms with Gasteiger partial charge in [-0.25, -0.2) is 4.79 Å². The molecular weight excluding hydrogens is 298 g/mol. The van der Waals surface area contributed by atoms with E-state index in [9.17, 15) is 14.9 Å². The molecule has 1 aromatic heterocycles. The van der Waals surface area contributed by atoms with Crippen molar-refractivity contribution in [3.8, 4) is 6.07 Å². The van der Waals surface area contributed by atoms with E-state index in [0.717, 1.165) is 19.4 Å². The van der Waals surface area contributed by atoms with E-state index in [1.54, 1.807) is 6.92 Å². The van der Waals surface area contributed by atoms with Gasteiger partial charge in [0.2, 0.25) is 11.8 Å². The standard InChI is InChI=1S/C16H23N3O4/c1-5-6-8-19(3)9-7-13(20)18-15-12(10-17)14(11(2)23-15)16(21)22-4/h5-9H2,1-4H3,(H,18,20). The highest BCUT2D eigenvalue weighted by Gasteiger charge is 2.25. The third-order valence-electron chi connectivity index (χ3n) is 3.45. The van der Waals surface area contributed by atoms with E-state index >= 15 is 0 Å². The van der Waals surface area contributed by atoms with Gasteiger partial charge in [0.15, 0.2) is 0 Å². The summed E-state index contributed by atoms with van der Waals surface area (Å²) in [6.07, 6.45) is 2.46. The molecule has 1 N–H and O–H groups in total. The smallest absolute Gasteiger partial charge is 0.342 e. The molecule has 7 nitrogen and oxygen atoms in total. The number of aryl methyl sites for hydroxylation is 1. The van der Waals surface area contributed by atoms with Gasteiger partial charge in [0.25, 0.3) is 0 Å². The number of amides is 1. The Morgan fingerprint density at radius 1 is 1.39 bits per heavy atom. The molecule has 23 heavy (non-hydrogen) atoms. The Bertz CT molecular complexity index is 601. The van der Waals surface area contributed by atoms with Crippen LogP contribution in [0.5, 0.6) is 0 Å². The number of nitrogens with one attached hydrogen (secondary N) is 1. The van der Waals surface area contributed by atoms with Crippen LogP contribution < -0.4 is 5.32 Å². The number of carbonyl (C=O) groups excluding carboxylic acids is 2. The van der Waals surface area contributed by atoms with Gasteiger partial charge in [-0.1, -0.05) is 13.3 Å². The topological polar surface area (TPSA) is 95.6 Å². The molecular formula is C16H23N3O4. The zero-order chi connectivity index (χ0) is 17.4. The number of methoxy groups -OCH3 is 1. The summed E-state index contributed by atoms with van der Waals surface area (Å²) in [5.41, 5.74) is 0.0346. The summed E-state index contributed by atoms with van der Waals surface area (Å²) in [5, 5.41) is 11.8. The molecule has 0 aliphatic carbocycles. The van der Waals surface area contributed by atoms with Crippen molar-refractivity contribution >= 4 is 17.8 Å². The first-order valence-corrected chi connectivity index (χ1v) is 7.54. The van der Waals surface area contributed by atoms with Crippen molar-refractivity contribution in [1.29, 1.82) is 5.26 Å². The van der Waals surface area contributed by atoms with Gasteiger partial charge in [-0.15, -0.1) is 0 Å². The number of hydrogen-bond acceptors (Lipinski definition) is 6. The largest absolute Gasteiger partial charge is 0.465 e. The minimum Gasteiger partial charge on any atom is -0.465 e. The molecule has 0 saturated heterocycles. The van der Waals surface area contributed by atoms with Crippen molar-refractivity contribution in [2.45, 2.75) is 33.1 Å². The second kappa shape index (κ2) is 8.96. The van der Waals surface area contributed by atoms with E-state index in [-0.39, 0.29) is 35.1 Å². The van der Waals surface area contributed by atoms with Gasteiger partial charge in [-0.3, -0.25) is 10.1 Å². The van der Waals surface area contributed by atoms with Crippen molar-refractivity contribution < 1.29 is 18.7 Å². The summed E-state index contributed by atoms with van der Waals surface area (Å²) >= 11 is 0. The molecule has 0 atom stereocenters. The molecule has 0 fully saturated rings. The lowest BCUT2D eigenvalue weighted by Crippen LogP contribution is -2.25. The molecule has 126 valence electrons. The van der Waals surface area contributed by atoms with Gasteiger partial charge >= 0.3 is 5.97 Å². The van der Waals surface area contributed by atoms with Crippen LogP contribution >= 0.6 is 0 Å². The lowest BCUT2D eigenvalue weighted by Gasteiger charge is -2.15. The summed E-state index contributed by atoms with van der Waals surface area (Å²) in [5.74, 6) is -0.701. The number of furan rings is 1. The monoisotopic (exact) mass is 321 g/mol. The third kappa shape index (κ3) is 5.11. The van der Waals surface area contributed by atoms with E-state index in [1.807, 2.05) is 13.1 Å². The number of rotatable bonds is 8. The highest BCUT2D eigenvalue weighted by Crippen LogP contribution is 2.27. The van der Waals surface area contributed by atoms with Crippen molar-refractivity contribution in [3.63, 3.8) is 0 Å². The first-order valence-electron chi connectivity index (χ1n) is 7.54. The average molecular weight is 321 g/mol. The van der Waals surface area contributed by atoms with Crippen LogP contribution in [0.1, 0.15) is 47.9 Å². The van der Waals surface area contributed by atoms with E-state index in [1.165, 1.54) is 7.11 Å². The molecule has 1 heterocycles. The number of nitrogens with zero attached hydrogens (tertiary/aromatic N) is 2. The minimum atomic E-state index is -0.664. The fourth-order valence-corrected chi connectivity index (χ4v) is 2.11. The van der Waals surface area contributed by atoms with Gasteiger partial charge in [0.1, 0.15) is 23.0 Å². The molecule has 0 unspecified atom stereocenters. The molecule has 0 aliphatic rings. The van der Waals surface area contributed by atoms with E-state index in [2.05, 4.69) is 21.9 Å². The van der Waals surface area contributed by atoms with Crippen LogP contribution in [-0.4, -0.2) is 44.0 Å². The summed E-state index contributed by atoms with van der Waals surface area (Å²) < 4.78 is 9.96. The van der Waals surface area contributed by atoms with Crippen LogP contribution in [0.25, 0.3) is 0 Å². The van der Waals surface area contributed by atoms with Crippen LogP contribution in [0.2, 0.25) is 0 Å². The number of anilines is 1. The first kappa shape index (κ1) is 18.7. The van der Waals surface area contributed by atoms with Gasteiger partial charge in [-0.2, -0.15) is 5.26 Å². The van der Waals surface area contributed by atoms with Crippen LogP contribution in [0.15, 0.2) is 4.42 Å². The van der Waals surface area contributed by atoms with E-state index in [0.29, 0.717) is 6.54 Å². The van der Waals surface area contributed by atoms with Gasteiger partial charge in [0.05, 0.1) is 7.11 Å². The van der Waals surface area contributed by atoms with Crippen molar-refractivity contribution in [3.05, 3.63) is 16.9 Å². The lowest BCUT2D eigenvalue weighted by atomic mass is 10.1. The Hall–Kier alpha value is -2.33. The quantitative estimate of drug-likeness (QED) is 0.738. The van der Waals surface area contributed by atoms with Crippen molar-refractivity contribution in [1.82, 2.24) is 4.90 Å². The van der Waals surface area contributed by atoms with Gasteiger partial charge in [0, 0.05) is 13.0 Å². The van der Waals surface area contributed by atoms with Crippen molar-refractivity contribution in [2.75, 3.05) is 32.6 Å². The molecule has 0 spiro atoms. The molecule has 0 radical (unpaired) electrons. The molecule has 0 bridgehead atoms. The molecule has 1 amide bonds. The number of esters is 1. The fourth-order valence-electron chi connectivity index (χ4n) is 2.11. The normalized spacial score (nSPS) is 10.4. The molecule has 0 saturated carbocycles. The number of nitriles is 1. The molecule has 7 heteroatoms. The maximum absolute atomic E-state index is 12.0. The molecule has 0 aromatic carbocycles. The Morgan fingerprint density at radius 2 is 2.09 bits per heavy atom. The van der Waals surface area contributed by atoms with Crippen molar-refractivity contribution in [2.24, 2.45) is 0 Å². The third-order valence-corrected chi connectivity index (χ3v) is 3.45. The Labute approximate surface area is 136 Å². The number of hydrogen-bond donors (Lipinski definition) is 1. The predicted molar refractivity (Wildman–Crippen MR) is 85.2 cm³/mol. The summed E-state index contributed by atoms with van der Waals surface area (Å²) in [7, 11) is 3.18. The first-order chi connectivity index (χ1) is 10.9. The summed E-state index contributed by atoms with van der Waals surface area (Å²) in [6.45, 7) is 5.19. The summed E-state index contributed by atoms with van der Waals surface area (Å²) in [4.78, 5) is 25.7. The molecule has 1 rings (SSSR count). The van der Waals surface area contributed by atoms with Crippen LogP contribution in [0.4, 0.5) is 5.88 Å². The number of unbranched alkanes of at least 4 members (excludes halogenated alkanes) is 1. The summed E-state index contributed by atoms with van der Waals surface area (Å²) in [6, 6.07) is 1.88. The molecule has 0 aliphatic heterocycles. The highest BCUT2D eigenvalue weighted by molar-refractivity contribution is 5.98. The van der Waals surface area contributed by atoms with Gasteiger partial charge in [-0.05, 0) is 26.9 Å². The van der Waals surface area contributed by atoms with Crippen LogP contribution in [-0.2, 0) is 9.53 Å². The molecule has 1 aromatic rings. The zero-order valence-corrected chi connectivity index (χ0v) is 14.1. The second-order valence-corrected chi connectivity index (χ2v) is 5.30. The fraction of sp³-hybridized carbons (Fsp3) is 0.562. The predicted octanol–water partition coefficient (Wildman–Crippen LogP) is 2.31. The van der Waals surface area contributed by atoms with Gasteiger partial charge < -0.3 is 14.1 Å². The van der Waals surface area contributed by atoms with Crippen LogP contribution in [0, 0.1) is 18.3 Å². The Balaban J connectivity index is 2.72. The Morgan fingerprint density at radius 3 is 2.65 bits per heavy atom. The number of ether oxygens (including phenoxy) is 1. The highest BCUT2D eigenvalue weighted by atomic mass is 16.5. The zero-order valence-electron chi connectivity index (χ0n) is 14.1. The number of carbonyl (C=O) groups is 2.